The Balaban J connectivity index is -0.000000156. The van der Waals surface area contributed by atoms with Crippen molar-refractivity contribution in [1.82, 2.24) is 0 Å². The van der Waals surface area contributed by atoms with Gasteiger partial charge in [-0.3, -0.25) is 14.4 Å². The summed E-state index contributed by atoms with van der Waals surface area (Å²) in [6, 6.07) is 0. The van der Waals surface area contributed by atoms with Gasteiger partial charge in [-0.1, -0.05) is 119 Å². The second kappa shape index (κ2) is 38.1. The summed E-state index contributed by atoms with van der Waals surface area (Å²) >= 11 is 0. The maximum absolute atomic E-state index is 11.9. The van der Waals surface area contributed by atoms with E-state index in [4.69, 9.17) is 39.7 Å². The largest absolute Gasteiger partial charge is 0.465 e. The Morgan fingerprint density at radius 1 is 0.444 bits per heavy atom. The Labute approximate surface area is 333 Å². The molecule has 3 atom stereocenters. The lowest BCUT2D eigenvalue weighted by Crippen LogP contribution is -2.29. The second-order valence-electron chi connectivity index (χ2n) is 16.1. The lowest BCUT2D eigenvalue weighted by atomic mass is 9.86. The highest BCUT2D eigenvalue weighted by Crippen LogP contribution is 2.24. The number of rotatable bonds is 24. The quantitative estimate of drug-likeness (QED) is 0.0479. The molecule has 0 spiro atoms. The third-order valence-electron chi connectivity index (χ3n) is 8.96. The molecule has 0 amide bonds. The van der Waals surface area contributed by atoms with Crippen LogP contribution in [-0.4, -0.2) is 96.3 Å². The summed E-state index contributed by atoms with van der Waals surface area (Å²) in [5.74, 6) is 0.627. The average molecular weight is 785 g/mol. The van der Waals surface area contributed by atoms with Crippen molar-refractivity contribution in [3.05, 3.63) is 0 Å². The highest BCUT2D eigenvalue weighted by molar-refractivity contribution is 5.73. The Hall–Kier alpha value is -1.79. The summed E-state index contributed by atoms with van der Waals surface area (Å²) < 4.78 is 15.6. The molecule has 0 bridgehead atoms. The molecular formula is C43H92O11. The molecule has 0 fully saturated rings. The number of ether oxygens (including phenoxy) is 3. The molecule has 11 nitrogen and oxygen atoms in total. The zero-order chi connectivity index (χ0) is 40.3. The number of esters is 3. The fourth-order valence-electron chi connectivity index (χ4n) is 5.23. The minimum absolute atomic E-state index is 0. The van der Waals surface area contributed by atoms with E-state index in [0.717, 1.165) is 25.7 Å². The molecule has 0 aromatic rings. The van der Waals surface area contributed by atoms with Crippen LogP contribution in [-0.2, 0) is 28.6 Å². The SMILES string of the molecule is C.C.C.CC(C)CC(C(=O)OCC(CO)CO)C(C)C.CC(C)CCC(C(=O)OCC(CO)CO)C(C)C.CCC(CO)COC(=O)C(C(C)C)C(C)C. The van der Waals surface area contributed by atoms with Gasteiger partial charge in [0.25, 0.3) is 0 Å². The molecule has 0 rings (SSSR count). The van der Waals surface area contributed by atoms with Gasteiger partial charge in [0.05, 0.1) is 64.0 Å². The monoisotopic (exact) mass is 785 g/mol. The van der Waals surface area contributed by atoms with Crippen molar-refractivity contribution in [2.75, 3.05) is 52.9 Å². The molecule has 5 N–H and O–H groups in total. The van der Waals surface area contributed by atoms with Gasteiger partial charge in [0, 0.05) is 24.4 Å². The van der Waals surface area contributed by atoms with E-state index in [1.807, 2.05) is 62.3 Å². The van der Waals surface area contributed by atoms with Crippen molar-refractivity contribution < 1.29 is 54.1 Å². The first kappa shape index (κ1) is 64.1. The molecule has 0 heterocycles. The van der Waals surface area contributed by atoms with Gasteiger partial charge in [-0.2, -0.15) is 0 Å². The van der Waals surface area contributed by atoms with E-state index in [0.29, 0.717) is 30.3 Å². The van der Waals surface area contributed by atoms with Crippen molar-refractivity contribution in [2.45, 2.75) is 138 Å². The van der Waals surface area contributed by atoms with E-state index in [1.54, 1.807) is 0 Å². The standard InChI is InChI=1S/C14H28O4.C13H26O4.C13H26O3.3CH4/c1-10(2)5-6-13(11(3)4)14(17)18-9-12(7-15)8-16;1-9(2)5-12(10(3)4)13(16)17-8-11(6-14)7-15;1-6-11(7-14)8-16-13(15)12(9(2)3)10(4)5;;;/h10-13,15-16H,5-9H2,1-4H3;9-12,14-15H,5-8H2,1-4H3;9-12,14H,6-8H2,1-5H3;3*1H4. The molecule has 330 valence electrons. The van der Waals surface area contributed by atoms with Crippen LogP contribution in [0.15, 0.2) is 0 Å². The molecule has 54 heavy (non-hydrogen) atoms. The van der Waals surface area contributed by atoms with Crippen LogP contribution in [0.1, 0.15) is 138 Å². The minimum Gasteiger partial charge on any atom is -0.465 e. The normalized spacial score (nSPS) is 12.7. The number of aliphatic hydroxyl groups excluding tert-OH is 5. The van der Waals surface area contributed by atoms with Crippen LogP contribution in [0.3, 0.4) is 0 Å². The van der Waals surface area contributed by atoms with Crippen LogP contribution in [0.25, 0.3) is 0 Å². The molecule has 0 aliphatic carbocycles. The maximum atomic E-state index is 11.9. The van der Waals surface area contributed by atoms with E-state index >= 15 is 0 Å². The summed E-state index contributed by atoms with van der Waals surface area (Å²) in [7, 11) is 0. The van der Waals surface area contributed by atoms with Crippen LogP contribution in [0, 0.1) is 71.0 Å². The van der Waals surface area contributed by atoms with Crippen LogP contribution in [0.4, 0.5) is 0 Å². The van der Waals surface area contributed by atoms with Gasteiger partial charge in [-0.15, -0.1) is 0 Å². The van der Waals surface area contributed by atoms with Crippen LogP contribution < -0.4 is 0 Å². The van der Waals surface area contributed by atoms with Crippen LogP contribution in [0.2, 0.25) is 0 Å². The molecule has 0 aliphatic rings. The molecule has 0 saturated carbocycles. The van der Waals surface area contributed by atoms with E-state index in [9.17, 15) is 14.4 Å². The van der Waals surface area contributed by atoms with E-state index < -0.39 is 0 Å². The first-order valence-corrected chi connectivity index (χ1v) is 19.3. The number of hydrogen-bond donors (Lipinski definition) is 5. The predicted molar refractivity (Wildman–Crippen MR) is 223 cm³/mol. The Morgan fingerprint density at radius 2 is 0.778 bits per heavy atom. The molecule has 0 aliphatic heterocycles. The molecule has 0 saturated heterocycles. The maximum Gasteiger partial charge on any atom is 0.309 e. The van der Waals surface area contributed by atoms with Crippen molar-refractivity contribution in [3.63, 3.8) is 0 Å². The van der Waals surface area contributed by atoms with Crippen molar-refractivity contribution >= 4 is 17.9 Å². The van der Waals surface area contributed by atoms with Gasteiger partial charge in [0.1, 0.15) is 0 Å². The fourth-order valence-corrected chi connectivity index (χ4v) is 5.23. The lowest BCUT2D eigenvalue weighted by Gasteiger charge is -2.23. The first-order valence-electron chi connectivity index (χ1n) is 19.3. The summed E-state index contributed by atoms with van der Waals surface area (Å²) in [6.45, 7) is 26.5. The fraction of sp³-hybridized carbons (Fsp3) is 0.930. The Kier molecular flexibility index (Phi) is 45.2. The summed E-state index contributed by atoms with van der Waals surface area (Å²) in [5, 5.41) is 44.6. The third kappa shape index (κ3) is 31.4. The van der Waals surface area contributed by atoms with Gasteiger partial charge in [0.15, 0.2) is 0 Å². The number of aliphatic hydroxyl groups is 5. The van der Waals surface area contributed by atoms with Crippen molar-refractivity contribution in [2.24, 2.45) is 71.0 Å². The lowest BCUT2D eigenvalue weighted by molar-refractivity contribution is -0.154. The van der Waals surface area contributed by atoms with Crippen LogP contribution >= 0.6 is 0 Å². The van der Waals surface area contributed by atoms with Crippen molar-refractivity contribution in [3.8, 4) is 0 Å². The smallest absolute Gasteiger partial charge is 0.309 e. The zero-order valence-corrected chi connectivity index (χ0v) is 34.6. The molecule has 11 heteroatoms. The van der Waals surface area contributed by atoms with Gasteiger partial charge in [0.2, 0.25) is 0 Å². The predicted octanol–water partition coefficient (Wildman–Crippen LogP) is 7.67. The number of hydrogen-bond acceptors (Lipinski definition) is 11. The average Bonchev–Trinajstić information content (AvgIpc) is 3.04. The number of carbonyl (C=O) groups excluding carboxylic acids is 3. The highest BCUT2D eigenvalue weighted by atomic mass is 16.5. The van der Waals surface area contributed by atoms with E-state index in [2.05, 4.69) is 27.7 Å². The summed E-state index contributed by atoms with van der Waals surface area (Å²) in [6.07, 6.45) is 3.47. The van der Waals surface area contributed by atoms with Gasteiger partial charge >= 0.3 is 17.9 Å². The molecule has 3 unspecified atom stereocenters. The van der Waals surface area contributed by atoms with Crippen molar-refractivity contribution in [1.29, 1.82) is 0 Å². The third-order valence-corrected chi connectivity index (χ3v) is 8.96. The summed E-state index contributed by atoms with van der Waals surface area (Å²) in [4.78, 5) is 35.7. The molecule has 0 aromatic heterocycles. The van der Waals surface area contributed by atoms with E-state index in [1.165, 1.54) is 0 Å². The topological polar surface area (TPSA) is 180 Å². The van der Waals surface area contributed by atoms with Gasteiger partial charge in [-0.05, 0) is 54.8 Å². The Morgan fingerprint density at radius 3 is 1.06 bits per heavy atom. The van der Waals surface area contributed by atoms with Crippen LogP contribution in [0.5, 0.6) is 0 Å². The highest BCUT2D eigenvalue weighted by Gasteiger charge is 2.28. The summed E-state index contributed by atoms with van der Waals surface area (Å²) in [5.41, 5.74) is 0. The first-order chi connectivity index (χ1) is 23.8. The Bertz CT molecular complexity index is 838. The second-order valence-corrected chi connectivity index (χ2v) is 16.1. The molecular weight excluding hydrogens is 692 g/mol. The molecule has 0 radical (unpaired) electrons. The zero-order valence-electron chi connectivity index (χ0n) is 34.6. The van der Waals surface area contributed by atoms with Gasteiger partial charge in [-0.25, -0.2) is 0 Å². The minimum atomic E-state index is -0.370. The molecule has 0 aromatic carbocycles. The number of carbonyl (C=O) groups is 3. The van der Waals surface area contributed by atoms with Gasteiger partial charge < -0.3 is 39.7 Å². The van der Waals surface area contributed by atoms with E-state index in [-0.39, 0.29) is 134 Å².